The average molecular weight is 239 g/mol. The predicted octanol–water partition coefficient (Wildman–Crippen LogP) is 2.90. The number of piperidine rings is 1. The molecular formula is C14H25NO2. The van der Waals surface area contributed by atoms with Crippen molar-refractivity contribution in [3.05, 3.63) is 0 Å². The minimum absolute atomic E-state index is 0.00701. The molecule has 1 N–H and O–H groups in total. The molecule has 1 saturated carbocycles. The van der Waals surface area contributed by atoms with Crippen LogP contribution in [0.1, 0.15) is 58.3 Å². The zero-order valence-electron chi connectivity index (χ0n) is 11.0. The molecule has 17 heavy (non-hydrogen) atoms. The Morgan fingerprint density at radius 3 is 2.59 bits per heavy atom. The van der Waals surface area contributed by atoms with Crippen molar-refractivity contribution in [2.45, 2.75) is 63.8 Å². The van der Waals surface area contributed by atoms with Gasteiger partial charge < -0.3 is 5.11 Å². The first-order valence-electron chi connectivity index (χ1n) is 7.13. The van der Waals surface area contributed by atoms with E-state index in [-0.39, 0.29) is 5.54 Å². The molecule has 0 radical (unpaired) electrons. The molecule has 1 aliphatic carbocycles. The van der Waals surface area contributed by atoms with Gasteiger partial charge in [0.05, 0.1) is 6.42 Å². The Labute approximate surface area is 104 Å². The molecule has 2 unspecified atom stereocenters. The van der Waals surface area contributed by atoms with Crippen molar-refractivity contribution in [3.8, 4) is 0 Å². The van der Waals surface area contributed by atoms with Gasteiger partial charge in [0.25, 0.3) is 0 Å². The molecule has 98 valence electrons. The van der Waals surface area contributed by atoms with Crippen LogP contribution in [0.15, 0.2) is 0 Å². The molecule has 1 heterocycles. The van der Waals surface area contributed by atoms with Crippen molar-refractivity contribution in [2.24, 2.45) is 5.92 Å². The molecule has 1 aliphatic heterocycles. The highest BCUT2D eigenvalue weighted by Gasteiger charge is 2.44. The topological polar surface area (TPSA) is 40.5 Å². The fourth-order valence-electron chi connectivity index (χ4n) is 3.77. The molecule has 2 aliphatic rings. The van der Waals surface area contributed by atoms with Crippen LogP contribution >= 0.6 is 0 Å². The molecule has 3 heteroatoms. The van der Waals surface area contributed by atoms with Crippen molar-refractivity contribution in [1.29, 1.82) is 0 Å². The van der Waals surface area contributed by atoms with Gasteiger partial charge >= 0.3 is 5.97 Å². The van der Waals surface area contributed by atoms with Gasteiger partial charge in [0, 0.05) is 5.54 Å². The summed E-state index contributed by atoms with van der Waals surface area (Å²) in [5.41, 5.74) is -0.00701. The van der Waals surface area contributed by atoms with Gasteiger partial charge in [0.1, 0.15) is 0 Å². The van der Waals surface area contributed by atoms with Crippen LogP contribution in [0.2, 0.25) is 0 Å². The van der Waals surface area contributed by atoms with Crippen LogP contribution in [0, 0.1) is 5.92 Å². The minimum Gasteiger partial charge on any atom is -0.481 e. The van der Waals surface area contributed by atoms with E-state index in [1.54, 1.807) is 0 Å². The molecule has 0 amide bonds. The van der Waals surface area contributed by atoms with E-state index in [2.05, 4.69) is 11.8 Å². The maximum atomic E-state index is 11.2. The maximum Gasteiger partial charge on any atom is 0.305 e. The summed E-state index contributed by atoms with van der Waals surface area (Å²) in [6, 6.07) is 0. The summed E-state index contributed by atoms with van der Waals surface area (Å²) in [4.78, 5) is 13.7. The smallest absolute Gasteiger partial charge is 0.305 e. The molecule has 3 nitrogen and oxygen atoms in total. The van der Waals surface area contributed by atoms with E-state index >= 15 is 0 Å². The van der Waals surface area contributed by atoms with Gasteiger partial charge in [-0.2, -0.15) is 0 Å². The SMILES string of the molecule is CCC1CCC(CC(=O)O)(N2CCCCC2)C1. The van der Waals surface area contributed by atoms with Gasteiger partial charge in [0.15, 0.2) is 0 Å². The Morgan fingerprint density at radius 1 is 1.35 bits per heavy atom. The van der Waals surface area contributed by atoms with Gasteiger partial charge in [-0.1, -0.05) is 19.8 Å². The number of carbonyl (C=O) groups is 1. The lowest BCUT2D eigenvalue weighted by Crippen LogP contribution is -2.50. The van der Waals surface area contributed by atoms with Crippen molar-refractivity contribution < 1.29 is 9.90 Å². The highest BCUT2D eigenvalue weighted by atomic mass is 16.4. The molecule has 0 aromatic heterocycles. The number of rotatable bonds is 4. The molecule has 0 bridgehead atoms. The predicted molar refractivity (Wildman–Crippen MR) is 68.0 cm³/mol. The lowest BCUT2D eigenvalue weighted by molar-refractivity contribution is -0.140. The van der Waals surface area contributed by atoms with Crippen LogP contribution in [0.3, 0.4) is 0 Å². The number of nitrogens with zero attached hydrogens (tertiary/aromatic N) is 1. The zero-order chi connectivity index (χ0) is 12.3. The molecule has 2 rings (SSSR count). The Balaban J connectivity index is 2.09. The first-order chi connectivity index (χ1) is 8.16. The summed E-state index contributed by atoms with van der Waals surface area (Å²) in [6.07, 6.45) is 8.79. The lowest BCUT2D eigenvalue weighted by atomic mass is 9.87. The second-order valence-corrected chi connectivity index (χ2v) is 5.86. The van der Waals surface area contributed by atoms with Gasteiger partial charge in [0.2, 0.25) is 0 Å². The van der Waals surface area contributed by atoms with E-state index < -0.39 is 5.97 Å². The largest absolute Gasteiger partial charge is 0.481 e. The van der Waals surface area contributed by atoms with Gasteiger partial charge in [-0.25, -0.2) is 0 Å². The second-order valence-electron chi connectivity index (χ2n) is 5.86. The average Bonchev–Trinajstić information content (AvgIpc) is 2.74. The van der Waals surface area contributed by atoms with E-state index in [4.69, 9.17) is 0 Å². The zero-order valence-corrected chi connectivity index (χ0v) is 11.0. The van der Waals surface area contributed by atoms with Gasteiger partial charge in [-0.05, 0) is 51.1 Å². The second kappa shape index (κ2) is 5.38. The van der Waals surface area contributed by atoms with Crippen LogP contribution < -0.4 is 0 Å². The normalized spacial score (nSPS) is 35.0. The Kier molecular flexibility index (Phi) is 4.08. The molecule has 1 saturated heterocycles. The summed E-state index contributed by atoms with van der Waals surface area (Å²) in [7, 11) is 0. The molecular weight excluding hydrogens is 214 g/mol. The van der Waals surface area contributed by atoms with Crippen molar-refractivity contribution in [3.63, 3.8) is 0 Å². The third kappa shape index (κ3) is 2.82. The van der Waals surface area contributed by atoms with E-state index in [0.29, 0.717) is 6.42 Å². The van der Waals surface area contributed by atoms with E-state index in [9.17, 15) is 9.90 Å². The van der Waals surface area contributed by atoms with E-state index in [0.717, 1.165) is 31.8 Å². The first kappa shape index (κ1) is 12.9. The Morgan fingerprint density at radius 2 is 2.06 bits per heavy atom. The summed E-state index contributed by atoms with van der Waals surface area (Å²) in [5.74, 6) is 0.128. The van der Waals surface area contributed by atoms with Crippen LogP contribution in [0.25, 0.3) is 0 Å². The third-order valence-electron chi connectivity index (χ3n) is 4.77. The fraction of sp³-hybridized carbons (Fsp3) is 0.929. The maximum absolute atomic E-state index is 11.2. The van der Waals surface area contributed by atoms with Crippen molar-refractivity contribution in [1.82, 2.24) is 4.90 Å². The molecule has 0 spiro atoms. The number of carboxylic acid groups (broad SMARTS) is 1. The number of aliphatic carboxylic acids is 1. The van der Waals surface area contributed by atoms with Crippen molar-refractivity contribution >= 4 is 5.97 Å². The summed E-state index contributed by atoms with van der Waals surface area (Å²) < 4.78 is 0. The molecule has 0 aromatic carbocycles. The van der Waals surface area contributed by atoms with Crippen LogP contribution in [0.5, 0.6) is 0 Å². The molecule has 0 aromatic rings. The van der Waals surface area contributed by atoms with Crippen LogP contribution in [0.4, 0.5) is 0 Å². The highest BCUT2D eigenvalue weighted by molar-refractivity contribution is 5.68. The number of hydrogen-bond donors (Lipinski definition) is 1. The number of carboxylic acids is 1. The molecule has 2 fully saturated rings. The first-order valence-corrected chi connectivity index (χ1v) is 7.13. The van der Waals surface area contributed by atoms with E-state index in [1.165, 1.54) is 32.1 Å². The summed E-state index contributed by atoms with van der Waals surface area (Å²) in [5, 5.41) is 9.20. The fourth-order valence-corrected chi connectivity index (χ4v) is 3.77. The Bertz CT molecular complexity index is 273. The summed E-state index contributed by atoms with van der Waals surface area (Å²) >= 11 is 0. The van der Waals surface area contributed by atoms with E-state index in [1.807, 2.05) is 0 Å². The quantitative estimate of drug-likeness (QED) is 0.820. The standard InChI is InChI=1S/C14H25NO2/c1-2-12-6-7-14(10-12,11-13(16)17)15-8-4-3-5-9-15/h12H,2-11H2,1H3,(H,16,17). The van der Waals surface area contributed by atoms with Gasteiger partial charge in [-0.15, -0.1) is 0 Å². The Hall–Kier alpha value is -0.570. The van der Waals surface area contributed by atoms with Crippen molar-refractivity contribution in [2.75, 3.05) is 13.1 Å². The number of hydrogen-bond acceptors (Lipinski definition) is 2. The minimum atomic E-state index is -0.618. The highest BCUT2D eigenvalue weighted by Crippen LogP contribution is 2.43. The lowest BCUT2D eigenvalue weighted by Gasteiger charge is -2.43. The molecule has 2 atom stereocenters. The van der Waals surface area contributed by atoms with Crippen LogP contribution in [-0.2, 0) is 4.79 Å². The monoisotopic (exact) mass is 239 g/mol. The van der Waals surface area contributed by atoms with Crippen LogP contribution in [-0.4, -0.2) is 34.6 Å². The third-order valence-corrected chi connectivity index (χ3v) is 4.77. The number of likely N-dealkylation sites (tertiary alicyclic amines) is 1. The summed E-state index contributed by atoms with van der Waals surface area (Å²) in [6.45, 7) is 4.46. The van der Waals surface area contributed by atoms with Gasteiger partial charge in [-0.3, -0.25) is 9.69 Å².